The highest BCUT2D eigenvalue weighted by Gasteiger charge is 2.12. The van der Waals surface area contributed by atoms with Crippen molar-refractivity contribution < 1.29 is 9.53 Å². The van der Waals surface area contributed by atoms with E-state index in [9.17, 15) is 4.79 Å². The van der Waals surface area contributed by atoms with E-state index in [0.29, 0.717) is 5.75 Å². The van der Waals surface area contributed by atoms with Crippen LogP contribution < -0.4 is 4.74 Å². The Morgan fingerprint density at radius 3 is 2.50 bits per heavy atom. The van der Waals surface area contributed by atoms with Crippen LogP contribution in [0.1, 0.15) is 0 Å². The fraction of sp³-hybridized carbons (Fsp3) is 0. The van der Waals surface area contributed by atoms with Gasteiger partial charge in [0, 0.05) is 17.1 Å². The van der Waals surface area contributed by atoms with Crippen LogP contribution in [-0.2, 0) is 4.79 Å². The standard InChI is InChI=1S/C17H13NO2/c1-2-17(19)20-16-12-18(13-8-4-3-5-9-13)15-11-7-6-10-14(15)16/h2-12H,1H2. The molecule has 0 saturated heterocycles. The maximum absolute atomic E-state index is 11.4. The number of benzene rings is 2. The average molecular weight is 263 g/mol. The van der Waals surface area contributed by atoms with E-state index >= 15 is 0 Å². The van der Waals surface area contributed by atoms with Crippen LogP contribution in [0.2, 0.25) is 0 Å². The fourth-order valence-corrected chi connectivity index (χ4v) is 2.18. The highest BCUT2D eigenvalue weighted by molar-refractivity contribution is 5.92. The van der Waals surface area contributed by atoms with E-state index in [1.54, 1.807) is 0 Å². The molecular weight excluding hydrogens is 250 g/mol. The summed E-state index contributed by atoms with van der Waals surface area (Å²) in [7, 11) is 0. The molecule has 0 fully saturated rings. The van der Waals surface area contributed by atoms with Gasteiger partial charge >= 0.3 is 5.97 Å². The third-order valence-electron chi connectivity index (χ3n) is 3.09. The number of nitrogens with zero attached hydrogens (tertiary/aromatic N) is 1. The van der Waals surface area contributed by atoms with E-state index in [1.807, 2.05) is 65.4 Å². The minimum atomic E-state index is -0.457. The molecule has 0 bridgehead atoms. The first kappa shape index (κ1) is 12.2. The molecule has 2 aromatic carbocycles. The molecule has 0 aliphatic heterocycles. The Balaban J connectivity index is 2.19. The van der Waals surface area contributed by atoms with Crippen LogP contribution in [0.4, 0.5) is 0 Å². The second-order valence-corrected chi connectivity index (χ2v) is 4.34. The third-order valence-corrected chi connectivity index (χ3v) is 3.09. The highest BCUT2D eigenvalue weighted by atomic mass is 16.5. The summed E-state index contributed by atoms with van der Waals surface area (Å²) in [5, 5.41) is 0.895. The zero-order valence-corrected chi connectivity index (χ0v) is 10.8. The van der Waals surface area contributed by atoms with Crippen molar-refractivity contribution in [2.45, 2.75) is 0 Å². The highest BCUT2D eigenvalue weighted by Crippen LogP contribution is 2.30. The lowest BCUT2D eigenvalue weighted by atomic mass is 10.2. The number of hydrogen-bond acceptors (Lipinski definition) is 2. The Kier molecular flexibility index (Phi) is 3.09. The van der Waals surface area contributed by atoms with E-state index in [4.69, 9.17) is 4.74 Å². The van der Waals surface area contributed by atoms with E-state index in [1.165, 1.54) is 0 Å². The normalized spacial score (nSPS) is 10.4. The van der Waals surface area contributed by atoms with Crippen LogP contribution in [-0.4, -0.2) is 10.5 Å². The summed E-state index contributed by atoms with van der Waals surface area (Å²) in [4.78, 5) is 11.4. The predicted molar refractivity (Wildman–Crippen MR) is 79.1 cm³/mol. The number of aromatic nitrogens is 1. The van der Waals surface area contributed by atoms with Gasteiger partial charge < -0.3 is 9.30 Å². The smallest absolute Gasteiger partial charge is 0.335 e. The van der Waals surface area contributed by atoms with Crippen LogP contribution in [0.25, 0.3) is 16.6 Å². The lowest BCUT2D eigenvalue weighted by Crippen LogP contribution is -2.02. The zero-order valence-electron chi connectivity index (χ0n) is 10.8. The summed E-state index contributed by atoms with van der Waals surface area (Å²) in [6.07, 6.45) is 2.98. The molecule has 0 N–H and O–H groups in total. The van der Waals surface area contributed by atoms with Gasteiger partial charge in [0.1, 0.15) is 0 Å². The molecule has 3 nitrogen and oxygen atoms in total. The van der Waals surface area contributed by atoms with Gasteiger partial charge in [-0.3, -0.25) is 0 Å². The minimum Gasteiger partial charge on any atom is -0.421 e. The Morgan fingerprint density at radius 1 is 1.05 bits per heavy atom. The molecule has 1 aromatic heterocycles. The lowest BCUT2D eigenvalue weighted by Gasteiger charge is -2.03. The average Bonchev–Trinajstić information content (AvgIpc) is 2.87. The summed E-state index contributed by atoms with van der Waals surface area (Å²) >= 11 is 0. The Morgan fingerprint density at radius 2 is 1.75 bits per heavy atom. The van der Waals surface area contributed by atoms with Gasteiger partial charge in [-0.15, -0.1) is 0 Å². The van der Waals surface area contributed by atoms with E-state index in [-0.39, 0.29) is 0 Å². The van der Waals surface area contributed by atoms with Gasteiger partial charge in [-0.05, 0) is 24.3 Å². The number of para-hydroxylation sites is 2. The van der Waals surface area contributed by atoms with Gasteiger partial charge in [0.05, 0.1) is 11.7 Å². The van der Waals surface area contributed by atoms with Gasteiger partial charge in [-0.25, -0.2) is 4.79 Å². The molecule has 0 atom stereocenters. The molecule has 0 aliphatic carbocycles. The Bertz CT molecular complexity index is 772. The summed E-state index contributed by atoms with van der Waals surface area (Å²) in [5.41, 5.74) is 2.01. The molecule has 0 aliphatic rings. The largest absolute Gasteiger partial charge is 0.421 e. The van der Waals surface area contributed by atoms with Crippen molar-refractivity contribution >= 4 is 16.9 Å². The SMILES string of the molecule is C=CC(=O)Oc1cn(-c2ccccc2)c2ccccc12. The molecule has 3 rings (SSSR count). The van der Waals surface area contributed by atoms with Crippen molar-refractivity contribution in [3.63, 3.8) is 0 Å². The Hall–Kier alpha value is -2.81. The van der Waals surface area contributed by atoms with Gasteiger partial charge in [-0.1, -0.05) is 36.9 Å². The second kappa shape index (κ2) is 5.05. The number of carbonyl (C=O) groups is 1. The van der Waals surface area contributed by atoms with Crippen LogP contribution in [0.3, 0.4) is 0 Å². The molecule has 0 radical (unpaired) electrons. The second-order valence-electron chi connectivity index (χ2n) is 4.34. The number of esters is 1. The van der Waals surface area contributed by atoms with Crippen LogP contribution in [0, 0.1) is 0 Å². The topological polar surface area (TPSA) is 31.2 Å². The number of ether oxygens (including phenoxy) is 1. The number of hydrogen-bond donors (Lipinski definition) is 0. The fourth-order valence-electron chi connectivity index (χ4n) is 2.18. The van der Waals surface area contributed by atoms with Crippen LogP contribution in [0.15, 0.2) is 73.4 Å². The van der Waals surface area contributed by atoms with Crippen molar-refractivity contribution in [3.05, 3.63) is 73.4 Å². The van der Waals surface area contributed by atoms with Crippen molar-refractivity contribution in [1.82, 2.24) is 4.57 Å². The maximum Gasteiger partial charge on any atom is 0.335 e. The van der Waals surface area contributed by atoms with Gasteiger partial charge in [-0.2, -0.15) is 0 Å². The molecule has 3 heteroatoms. The summed E-state index contributed by atoms with van der Waals surface area (Å²) in [6.45, 7) is 3.42. The molecule has 0 amide bonds. The lowest BCUT2D eigenvalue weighted by molar-refractivity contribution is -0.128. The van der Waals surface area contributed by atoms with E-state index < -0.39 is 5.97 Å². The van der Waals surface area contributed by atoms with Crippen molar-refractivity contribution in [1.29, 1.82) is 0 Å². The molecule has 0 unspecified atom stereocenters. The van der Waals surface area contributed by atoms with E-state index in [0.717, 1.165) is 22.7 Å². The minimum absolute atomic E-state index is 0.457. The van der Waals surface area contributed by atoms with Crippen molar-refractivity contribution in [3.8, 4) is 11.4 Å². The van der Waals surface area contributed by atoms with Crippen LogP contribution in [0.5, 0.6) is 5.75 Å². The first-order valence-electron chi connectivity index (χ1n) is 6.29. The molecule has 0 saturated carbocycles. The van der Waals surface area contributed by atoms with Crippen molar-refractivity contribution in [2.24, 2.45) is 0 Å². The Labute approximate surface area is 116 Å². The molecule has 3 aromatic rings. The quantitative estimate of drug-likeness (QED) is 0.532. The zero-order chi connectivity index (χ0) is 13.9. The monoisotopic (exact) mass is 263 g/mol. The molecule has 1 heterocycles. The first-order chi connectivity index (χ1) is 9.79. The summed E-state index contributed by atoms with van der Waals surface area (Å²) in [6, 6.07) is 17.7. The molecular formula is C17H13NO2. The van der Waals surface area contributed by atoms with E-state index in [2.05, 4.69) is 6.58 Å². The number of rotatable bonds is 3. The van der Waals surface area contributed by atoms with Crippen molar-refractivity contribution in [2.75, 3.05) is 0 Å². The number of carbonyl (C=O) groups excluding carboxylic acids is 1. The summed E-state index contributed by atoms with van der Waals surface area (Å²) < 4.78 is 7.30. The summed E-state index contributed by atoms with van der Waals surface area (Å²) in [5.74, 6) is 0.0790. The molecule has 20 heavy (non-hydrogen) atoms. The van der Waals surface area contributed by atoms with Gasteiger partial charge in [0.15, 0.2) is 5.75 Å². The molecule has 98 valence electrons. The van der Waals surface area contributed by atoms with Crippen LogP contribution >= 0.6 is 0 Å². The predicted octanol–water partition coefficient (Wildman–Crippen LogP) is 3.72. The number of fused-ring (bicyclic) bond motifs is 1. The molecule has 0 spiro atoms. The van der Waals surface area contributed by atoms with Gasteiger partial charge in [0.25, 0.3) is 0 Å². The maximum atomic E-state index is 11.4. The third kappa shape index (κ3) is 2.10. The first-order valence-corrected chi connectivity index (χ1v) is 6.29. The van der Waals surface area contributed by atoms with Gasteiger partial charge in [0.2, 0.25) is 0 Å².